The fraction of sp³-hybridized carbons (Fsp3) is 0.500. The van der Waals surface area contributed by atoms with Gasteiger partial charge in [0.15, 0.2) is 0 Å². The monoisotopic (exact) mass is 235 g/mol. The van der Waals surface area contributed by atoms with Crippen molar-refractivity contribution in [2.24, 2.45) is 0 Å². The van der Waals surface area contributed by atoms with Crippen LogP contribution in [0.15, 0.2) is 18.2 Å². The molecular formula is C14H18FNO. The molecule has 2 rings (SSSR count). The Kier molecular flexibility index (Phi) is 3.77. The summed E-state index contributed by atoms with van der Waals surface area (Å²) in [6.45, 7) is 3.89. The fourth-order valence-electron chi connectivity index (χ4n) is 2.51. The molecule has 1 fully saturated rings. The molecule has 1 aromatic rings. The van der Waals surface area contributed by atoms with Crippen molar-refractivity contribution in [3.8, 4) is 0 Å². The van der Waals surface area contributed by atoms with Gasteiger partial charge >= 0.3 is 0 Å². The van der Waals surface area contributed by atoms with Crippen LogP contribution in [0.1, 0.15) is 37.7 Å². The maximum atomic E-state index is 13.9. The molecule has 92 valence electrons. The minimum absolute atomic E-state index is 0.0516. The van der Waals surface area contributed by atoms with E-state index < -0.39 is 0 Å². The Labute approximate surface area is 101 Å². The molecule has 3 heteroatoms. The maximum Gasteiger partial charge on any atom is 0.128 e. The number of hydrogen-bond acceptors (Lipinski definition) is 2. The van der Waals surface area contributed by atoms with Crippen LogP contribution in [-0.2, 0) is 4.79 Å². The molecule has 2 nitrogen and oxygen atoms in total. The Bertz CT molecular complexity index is 399. The van der Waals surface area contributed by atoms with E-state index in [2.05, 4.69) is 4.90 Å². The zero-order valence-electron chi connectivity index (χ0n) is 10.2. The quantitative estimate of drug-likeness (QED) is 0.747. The second-order valence-corrected chi connectivity index (χ2v) is 4.67. The summed E-state index contributed by atoms with van der Waals surface area (Å²) >= 11 is 0. The number of anilines is 1. The molecule has 0 amide bonds. The SMILES string of the molecule is CC(CC=O)c1c(F)cccc1N1CCCC1. The van der Waals surface area contributed by atoms with Gasteiger partial charge in [-0.3, -0.25) is 0 Å². The summed E-state index contributed by atoms with van der Waals surface area (Å²) in [7, 11) is 0. The van der Waals surface area contributed by atoms with E-state index in [-0.39, 0.29) is 11.7 Å². The van der Waals surface area contributed by atoms with Gasteiger partial charge in [0.05, 0.1) is 0 Å². The van der Waals surface area contributed by atoms with E-state index in [9.17, 15) is 9.18 Å². The molecule has 0 aliphatic carbocycles. The van der Waals surface area contributed by atoms with Gasteiger partial charge in [-0.25, -0.2) is 4.39 Å². The first-order chi connectivity index (χ1) is 8.24. The highest BCUT2D eigenvalue weighted by molar-refractivity contribution is 5.59. The summed E-state index contributed by atoms with van der Waals surface area (Å²) in [5.74, 6) is -0.243. The van der Waals surface area contributed by atoms with Gasteiger partial charge in [0.2, 0.25) is 0 Å². The first kappa shape index (κ1) is 12.1. The zero-order chi connectivity index (χ0) is 12.3. The minimum Gasteiger partial charge on any atom is -0.371 e. The predicted molar refractivity (Wildman–Crippen MR) is 66.9 cm³/mol. The van der Waals surface area contributed by atoms with Crippen LogP contribution in [0, 0.1) is 5.82 Å². The lowest BCUT2D eigenvalue weighted by Gasteiger charge is -2.24. The van der Waals surface area contributed by atoms with E-state index in [1.54, 1.807) is 6.07 Å². The number of rotatable bonds is 4. The van der Waals surface area contributed by atoms with Crippen LogP contribution in [0.5, 0.6) is 0 Å². The summed E-state index contributed by atoms with van der Waals surface area (Å²) in [4.78, 5) is 12.8. The average molecular weight is 235 g/mol. The molecule has 1 aromatic carbocycles. The summed E-state index contributed by atoms with van der Waals surface area (Å²) in [6.07, 6.45) is 3.57. The molecule has 0 N–H and O–H groups in total. The van der Waals surface area contributed by atoms with E-state index >= 15 is 0 Å². The van der Waals surface area contributed by atoms with Crippen molar-refractivity contribution >= 4 is 12.0 Å². The summed E-state index contributed by atoms with van der Waals surface area (Å²) in [5.41, 5.74) is 1.67. The summed E-state index contributed by atoms with van der Waals surface area (Å²) < 4.78 is 13.9. The molecule has 1 atom stereocenters. The van der Waals surface area contributed by atoms with Crippen LogP contribution in [0.25, 0.3) is 0 Å². The smallest absolute Gasteiger partial charge is 0.128 e. The molecule has 0 radical (unpaired) electrons. The highest BCUT2D eigenvalue weighted by Crippen LogP contribution is 2.33. The van der Waals surface area contributed by atoms with E-state index in [0.29, 0.717) is 12.0 Å². The Morgan fingerprint density at radius 1 is 1.41 bits per heavy atom. The molecular weight excluding hydrogens is 217 g/mol. The molecule has 0 bridgehead atoms. The minimum atomic E-state index is -0.191. The molecule has 1 unspecified atom stereocenters. The van der Waals surface area contributed by atoms with Crippen LogP contribution in [0.2, 0.25) is 0 Å². The fourth-order valence-corrected chi connectivity index (χ4v) is 2.51. The summed E-state index contributed by atoms with van der Waals surface area (Å²) in [5, 5.41) is 0. The number of aldehydes is 1. The number of halogens is 1. The second kappa shape index (κ2) is 5.30. The van der Waals surface area contributed by atoms with Crippen LogP contribution < -0.4 is 4.90 Å². The number of benzene rings is 1. The molecule has 17 heavy (non-hydrogen) atoms. The average Bonchev–Trinajstić information content (AvgIpc) is 2.82. The van der Waals surface area contributed by atoms with Gasteiger partial charge in [0.1, 0.15) is 12.1 Å². The number of hydrogen-bond donors (Lipinski definition) is 0. The first-order valence-corrected chi connectivity index (χ1v) is 6.21. The Morgan fingerprint density at radius 3 is 2.76 bits per heavy atom. The summed E-state index contributed by atoms with van der Waals surface area (Å²) in [6, 6.07) is 5.20. The lowest BCUT2D eigenvalue weighted by Crippen LogP contribution is -2.20. The van der Waals surface area contributed by atoms with Crippen molar-refractivity contribution in [3.63, 3.8) is 0 Å². The van der Waals surface area contributed by atoms with Crippen LogP contribution in [-0.4, -0.2) is 19.4 Å². The van der Waals surface area contributed by atoms with Gasteiger partial charge in [-0.05, 0) is 30.9 Å². The number of carbonyl (C=O) groups excluding carboxylic acids is 1. The largest absolute Gasteiger partial charge is 0.371 e. The molecule has 1 aliphatic rings. The first-order valence-electron chi connectivity index (χ1n) is 6.21. The molecule has 1 saturated heterocycles. The van der Waals surface area contributed by atoms with Crippen molar-refractivity contribution in [3.05, 3.63) is 29.6 Å². The molecule has 1 aliphatic heterocycles. The van der Waals surface area contributed by atoms with Crippen LogP contribution >= 0.6 is 0 Å². The molecule has 1 heterocycles. The van der Waals surface area contributed by atoms with E-state index in [0.717, 1.165) is 37.9 Å². The lowest BCUT2D eigenvalue weighted by atomic mass is 9.95. The van der Waals surface area contributed by atoms with Gasteiger partial charge < -0.3 is 9.69 Å². The van der Waals surface area contributed by atoms with Crippen LogP contribution in [0.3, 0.4) is 0 Å². The Hall–Kier alpha value is -1.38. The highest BCUT2D eigenvalue weighted by Gasteiger charge is 2.21. The molecule has 0 aromatic heterocycles. The Morgan fingerprint density at radius 2 is 2.12 bits per heavy atom. The topological polar surface area (TPSA) is 20.3 Å². The highest BCUT2D eigenvalue weighted by atomic mass is 19.1. The third-order valence-electron chi connectivity index (χ3n) is 3.42. The molecule has 0 saturated carbocycles. The van der Waals surface area contributed by atoms with Gasteiger partial charge in [0.25, 0.3) is 0 Å². The van der Waals surface area contributed by atoms with Gasteiger partial charge in [0, 0.05) is 30.8 Å². The van der Waals surface area contributed by atoms with Crippen molar-refractivity contribution in [2.75, 3.05) is 18.0 Å². The van der Waals surface area contributed by atoms with Crippen molar-refractivity contribution < 1.29 is 9.18 Å². The van der Waals surface area contributed by atoms with Crippen molar-refractivity contribution in [2.45, 2.75) is 32.1 Å². The zero-order valence-corrected chi connectivity index (χ0v) is 10.2. The van der Waals surface area contributed by atoms with E-state index in [1.165, 1.54) is 6.07 Å². The van der Waals surface area contributed by atoms with E-state index in [4.69, 9.17) is 0 Å². The third-order valence-corrected chi connectivity index (χ3v) is 3.42. The number of nitrogens with zero attached hydrogens (tertiary/aromatic N) is 1. The standard InChI is InChI=1S/C14H18FNO/c1-11(7-10-17)14-12(15)5-4-6-13(14)16-8-2-3-9-16/h4-6,10-11H,2-3,7-9H2,1H3. The van der Waals surface area contributed by atoms with Crippen molar-refractivity contribution in [1.82, 2.24) is 0 Å². The Balaban J connectivity index is 2.36. The lowest BCUT2D eigenvalue weighted by molar-refractivity contribution is -0.108. The van der Waals surface area contributed by atoms with Gasteiger partial charge in [-0.15, -0.1) is 0 Å². The molecule has 0 spiro atoms. The van der Waals surface area contributed by atoms with Crippen molar-refractivity contribution in [1.29, 1.82) is 0 Å². The second-order valence-electron chi connectivity index (χ2n) is 4.67. The number of carbonyl (C=O) groups is 1. The normalized spacial score (nSPS) is 17.2. The third kappa shape index (κ3) is 2.48. The van der Waals surface area contributed by atoms with E-state index in [1.807, 2.05) is 13.0 Å². The maximum absolute atomic E-state index is 13.9. The van der Waals surface area contributed by atoms with Gasteiger partial charge in [-0.1, -0.05) is 13.0 Å². The van der Waals surface area contributed by atoms with Crippen LogP contribution in [0.4, 0.5) is 10.1 Å². The predicted octanol–water partition coefficient (Wildman–Crippen LogP) is 3.12. The van der Waals surface area contributed by atoms with Gasteiger partial charge in [-0.2, -0.15) is 0 Å².